The summed E-state index contributed by atoms with van der Waals surface area (Å²) in [5, 5.41) is 2.99. The molecule has 1 saturated heterocycles. The third-order valence-electron chi connectivity index (χ3n) is 5.67. The molecule has 1 aliphatic heterocycles. The Morgan fingerprint density at radius 3 is 2.62 bits per heavy atom. The van der Waals surface area contributed by atoms with E-state index in [9.17, 15) is 13.2 Å². The molecule has 29 heavy (non-hydrogen) atoms. The van der Waals surface area contributed by atoms with E-state index in [4.69, 9.17) is 4.74 Å². The van der Waals surface area contributed by atoms with Crippen molar-refractivity contribution in [1.29, 1.82) is 0 Å². The number of carbonyl (C=O) groups is 1. The highest BCUT2D eigenvalue weighted by atomic mass is 32.2. The highest BCUT2D eigenvalue weighted by Crippen LogP contribution is 2.26. The lowest BCUT2D eigenvalue weighted by Gasteiger charge is -2.26. The van der Waals surface area contributed by atoms with Gasteiger partial charge in [0, 0.05) is 18.7 Å². The molecule has 0 unspecified atom stereocenters. The van der Waals surface area contributed by atoms with Crippen molar-refractivity contribution in [2.75, 3.05) is 26.3 Å². The lowest BCUT2D eigenvalue weighted by molar-refractivity contribution is 0.0730. The van der Waals surface area contributed by atoms with E-state index in [1.807, 2.05) is 6.92 Å². The molecule has 1 aliphatic carbocycles. The predicted molar refractivity (Wildman–Crippen MR) is 110 cm³/mol. The van der Waals surface area contributed by atoms with Gasteiger partial charge in [0.1, 0.15) is 0 Å². The van der Waals surface area contributed by atoms with Crippen LogP contribution in [0.2, 0.25) is 0 Å². The summed E-state index contributed by atoms with van der Waals surface area (Å²) in [4.78, 5) is 12.9. The molecule has 6 nitrogen and oxygen atoms in total. The summed E-state index contributed by atoms with van der Waals surface area (Å²) in [6.45, 7) is 3.38. The van der Waals surface area contributed by atoms with Crippen LogP contribution in [0.5, 0.6) is 0 Å². The van der Waals surface area contributed by atoms with E-state index in [2.05, 4.69) is 23.5 Å². The Kier molecular flexibility index (Phi) is 5.72. The first-order chi connectivity index (χ1) is 13.9. The van der Waals surface area contributed by atoms with Gasteiger partial charge in [0.2, 0.25) is 10.0 Å². The van der Waals surface area contributed by atoms with Gasteiger partial charge in [0.05, 0.1) is 24.2 Å². The Morgan fingerprint density at radius 1 is 1.07 bits per heavy atom. The summed E-state index contributed by atoms with van der Waals surface area (Å²) >= 11 is 0. The second-order valence-corrected chi connectivity index (χ2v) is 9.56. The van der Waals surface area contributed by atoms with Gasteiger partial charge in [-0.15, -0.1) is 0 Å². The van der Waals surface area contributed by atoms with E-state index in [1.165, 1.54) is 34.0 Å². The van der Waals surface area contributed by atoms with E-state index in [1.54, 1.807) is 12.1 Å². The largest absolute Gasteiger partial charge is 0.379 e. The molecule has 1 N–H and O–H groups in total. The maximum absolute atomic E-state index is 12.9. The monoisotopic (exact) mass is 414 g/mol. The van der Waals surface area contributed by atoms with Crippen molar-refractivity contribution < 1.29 is 17.9 Å². The lowest BCUT2D eigenvalue weighted by atomic mass is 10.0. The van der Waals surface area contributed by atoms with Gasteiger partial charge in [-0.2, -0.15) is 4.31 Å². The zero-order chi connectivity index (χ0) is 20.4. The van der Waals surface area contributed by atoms with Gasteiger partial charge in [-0.3, -0.25) is 4.79 Å². The Morgan fingerprint density at radius 2 is 1.83 bits per heavy atom. The predicted octanol–water partition coefficient (Wildman–Crippen LogP) is 2.69. The molecule has 0 bridgehead atoms. The molecule has 2 aliphatic rings. The van der Waals surface area contributed by atoms with Crippen LogP contribution in [0.4, 0.5) is 0 Å². The molecule has 1 fully saturated rings. The van der Waals surface area contributed by atoms with Crippen molar-refractivity contribution in [2.45, 2.75) is 37.1 Å². The fraction of sp³-hybridized carbons (Fsp3) is 0.409. The van der Waals surface area contributed by atoms with Gasteiger partial charge < -0.3 is 10.1 Å². The van der Waals surface area contributed by atoms with Crippen LogP contribution < -0.4 is 5.32 Å². The Labute approximate surface area is 171 Å². The SMILES string of the molecule is C[C@@H](NC(=O)c1cccc(S(=O)(=O)N2CCOCC2)c1)c1ccc2c(c1)CCC2. The number of rotatable bonds is 5. The molecule has 2 aromatic carbocycles. The number of sulfonamides is 1. The fourth-order valence-electron chi connectivity index (χ4n) is 3.96. The van der Waals surface area contributed by atoms with Gasteiger partial charge in [-0.05, 0) is 61.1 Å². The maximum Gasteiger partial charge on any atom is 0.251 e. The number of carbonyl (C=O) groups excluding carboxylic acids is 1. The van der Waals surface area contributed by atoms with Crippen LogP contribution in [0.3, 0.4) is 0 Å². The van der Waals surface area contributed by atoms with Crippen LogP contribution in [0, 0.1) is 0 Å². The number of fused-ring (bicyclic) bond motifs is 1. The summed E-state index contributed by atoms with van der Waals surface area (Å²) in [5.41, 5.74) is 4.17. The van der Waals surface area contributed by atoms with Gasteiger partial charge in [-0.25, -0.2) is 8.42 Å². The molecule has 2 aromatic rings. The molecular formula is C22H26N2O4S. The standard InChI is InChI=1S/C22H26N2O4S/c1-16(18-9-8-17-4-2-5-19(17)14-18)23-22(25)20-6-3-7-21(15-20)29(26,27)24-10-12-28-13-11-24/h3,6-9,14-16H,2,4-5,10-13H2,1H3,(H,23,25)/t16-/m1/s1. The first-order valence-electron chi connectivity index (χ1n) is 10.1. The van der Waals surface area contributed by atoms with Crippen molar-refractivity contribution in [3.05, 3.63) is 64.7 Å². The van der Waals surface area contributed by atoms with Crippen LogP contribution >= 0.6 is 0 Å². The molecule has 0 spiro atoms. The Bertz CT molecular complexity index is 1010. The van der Waals surface area contributed by atoms with Crippen molar-refractivity contribution in [1.82, 2.24) is 9.62 Å². The molecule has 0 radical (unpaired) electrons. The third kappa shape index (κ3) is 4.22. The van der Waals surface area contributed by atoms with Gasteiger partial charge >= 0.3 is 0 Å². The van der Waals surface area contributed by atoms with E-state index in [0.717, 1.165) is 18.4 Å². The Hall–Kier alpha value is -2.22. The molecule has 1 atom stereocenters. The number of hydrogen-bond donors (Lipinski definition) is 1. The summed E-state index contributed by atoms with van der Waals surface area (Å²) in [6.07, 6.45) is 3.40. The van der Waals surface area contributed by atoms with E-state index in [-0.39, 0.29) is 16.8 Å². The van der Waals surface area contributed by atoms with Crippen LogP contribution in [-0.2, 0) is 27.6 Å². The first kappa shape index (κ1) is 20.1. The van der Waals surface area contributed by atoms with Crippen LogP contribution in [-0.4, -0.2) is 44.9 Å². The number of hydrogen-bond acceptors (Lipinski definition) is 4. The molecule has 0 aromatic heterocycles. The number of ether oxygens (including phenoxy) is 1. The molecule has 7 heteroatoms. The van der Waals surface area contributed by atoms with E-state index < -0.39 is 10.0 Å². The number of benzene rings is 2. The number of aryl methyl sites for hydroxylation is 2. The normalized spacial score (nSPS) is 18.2. The fourth-order valence-corrected chi connectivity index (χ4v) is 5.41. The van der Waals surface area contributed by atoms with E-state index >= 15 is 0 Å². The number of morpholine rings is 1. The molecule has 1 amide bonds. The highest BCUT2D eigenvalue weighted by Gasteiger charge is 2.27. The minimum absolute atomic E-state index is 0.136. The van der Waals surface area contributed by atoms with Gasteiger partial charge in [-0.1, -0.05) is 24.3 Å². The topological polar surface area (TPSA) is 75.7 Å². The third-order valence-corrected chi connectivity index (χ3v) is 7.57. The first-order valence-corrected chi connectivity index (χ1v) is 11.5. The quantitative estimate of drug-likeness (QED) is 0.816. The van der Waals surface area contributed by atoms with Crippen LogP contribution in [0.25, 0.3) is 0 Å². The van der Waals surface area contributed by atoms with E-state index in [0.29, 0.717) is 31.9 Å². The number of amides is 1. The average Bonchev–Trinajstić information content (AvgIpc) is 3.22. The maximum atomic E-state index is 12.9. The molecule has 1 heterocycles. The second-order valence-electron chi connectivity index (χ2n) is 7.62. The molecule has 4 rings (SSSR count). The molecular weight excluding hydrogens is 388 g/mol. The highest BCUT2D eigenvalue weighted by molar-refractivity contribution is 7.89. The van der Waals surface area contributed by atoms with Gasteiger partial charge in [0.25, 0.3) is 5.91 Å². The van der Waals surface area contributed by atoms with Crippen molar-refractivity contribution in [3.63, 3.8) is 0 Å². The van der Waals surface area contributed by atoms with Crippen molar-refractivity contribution in [3.8, 4) is 0 Å². The van der Waals surface area contributed by atoms with Crippen LogP contribution in [0.15, 0.2) is 47.4 Å². The molecule has 154 valence electrons. The summed E-state index contributed by atoms with van der Waals surface area (Å²) in [7, 11) is -3.63. The summed E-state index contributed by atoms with van der Waals surface area (Å²) < 4.78 is 32.3. The zero-order valence-corrected chi connectivity index (χ0v) is 17.4. The number of nitrogens with one attached hydrogen (secondary N) is 1. The smallest absolute Gasteiger partial charge is 0.251 e. The van der Waals surface area contributed by atoms with Gasteiger partial charge in [0.15, 0.2) is 0 Å². The minimum Gasteiger partial charge on any atom is -0.379 e. The van der Waals surface area contributed by atoms with Crippen molar-refractivity contribution >= 4 is 15.9 Å². The average molecular weight is 415 g/mol. The Balaban J connectivity index is 1.50. The van der Waals surface area contributed by atoms with Crippen molar-refractivity contribution in [2.24, 2.45) is 0 Å². The van der Waals surface area contributed by atoms with Crippen LogP contribution in [0.1, 0.15) is 46.4 Å². The zero-order valence-electron chi connectivity index (χ0n) is 16.6. The second kappa shape index (κ2) is 8.26. The lowest BCUT2D eigenvalue weighted by Crippen LogP contribution is -2.40. The molecule has 0 saturated carbocycles. The summed E-state index contributed by atoms with van der Waals surface area (Å²) in [6, 6.07) is 12.5. The minimum atomic E-state index is -3.63. The number of nitrogens with zero attached hydrogens (tertiary/aromatic N) is 1. The summed E-state index contributed by atoms with van der Waals surface area (Å²) in [5.74, 6) is -0.281.